The lowest BCUT2D eigenvalue weighted by atomic mass is 10.2. The monoisotopic (exact) mass is 425 g/mol. The Labute approximate surface area is 175 Å². The first-order chi connectivity index (χ1) is 13.8. The van der Waals surface area contributed by atoms with E-state index in [9.17, 15) is 0 Å². The van der Waals surface area contributed by atoms with Gasteiger partial charge in [0.25, 0.3) is 0 Å². The Kier molecular flexibility index (Phi) is 4.88. The molecule has 0 amide bonds. The number of aromatic nitrogens is 5. The van der Waals surface area contributed by atoms with Crippen molar-refractivity contribution in [2.24, 2.45) is 0 Å². The van der Waals surface area contributed by atoms with Crippen LogP contribution in [0.3, 0.4) is 0 Å². The van der Waals surface area contributed by atoms with Crippen LogP contribution in [-0.2, 0) is 5.75 Å². The Hall–Kier alpha value is -2.22. The van der Waals surface area contributed by atoms with E-state index in [4.69, 9.17) is 16.6 Å². The van der Waals surface area contributed by atoms with Gasteiger partial charge in [-0.25, -0.2) is 4.98 Å². The van der Waals surface area contributed by atoms with Crippen molar-refractivity contribution < 1.29 is 0 Å². The van der Waals surface area contributed by atoms with Crippen LogP contribution in [0.1, 0.15) is 24.6 Å². The van der Waals surface area contributed by atoms with Crippen molar-refractivity contribution in [1.29, 1.82) is 0 Å². The minimum Gasteiger partial charge on any atom is -0.299 e. The molecule has 3 heterocycles. The van der Waals surface area contributed by atoms with Crippen LogP contribution in [-0.4, -0.2) is 24.7 Å². The second-order valence-electron chi connectivity index (χ2n) is 6.58. The summed E-state index contributed by atoms with van der Waals surface area (Å²) in [5.41, 5.74) is 3.20. The van der Waals surface area contributed by atoms with Crippen LogP contribution in [0.5, 0.6) is 0 Å². The molecule has 0 radical (unpaired) electrons. The molecular weight excluding hydrogens is 410 g/mol. The predicted molar refractivity (Wildman–Crippen MR) is 114 cm³/mol. The van der Waals surface area contributed by atoms with E-state index in [1.54, 1.807) is 35.5 Å². The van der Waals surface area contributed by atoms with E-state index >= 15 is 0 Å². The van der Waals surface area contributed by atoms with E-state index < -0.39 is 0 Å². The van der Waals surface area contributed by atoms with Crippen molar-refractivity contribution in [3.63, 3.8) is 0 Å². The third-order valence-corrected chi connectivity index (χ3v) is 6.68. The standard InChI is InChI=1S/C20H16ClN5S2/c21-15-3-1-14(2-4-15)19-23-16(11-27-19)12-28-20-25-24-18(26(20)17-5-6-17)13-7-9-22-10-8-13/h1-4,7-11,17H,5-6,12H2. The van der Waals surface area contributed by atoms with Crippen molar-refractivity contribution >= 4 is 34.7 Å². The van der Waals surface area contributed by atoms with Crippen LogP contribution in [0.15, 0.2) is 59.3 Å². The van der Waals surface area contributed by atoms with Crippen molar-refractivity contribution in [3.05, 3.63) is 64.9 Å². The summed E-state index contributed by atoms with van der Waals surface area (Å²) in [6, 6.07) is 12.3. The second kappa shape index (κ2) is 7.66. The molecule has 0 aliphatic heterocycles. The fraction of sp³-hybridized carbons (Fsp3) is 0.200. The zero-order valence-corrected chi connectivity index (χ0v) is 17.2. The zero-order valence-electron chi connectivity index (χ0n) is 14.8. The van der Waals surface area contributed by atoms with E-state index in [-0.39, 0.29) is 0 Å². The van der Waals surface area contributed by atoms with Gasteiger partial charge in [-0.05, 0) is 37.1 Å². The van der Waals surface area contributed by atoms with Crippen LogP contribution >= 0.6 is 34.7 Å². The minimum absolute atomic E-state index is 0.501. The Balaban J connectivity index is 1.35. The van der Waals surface area contributed by atoms with Crippen molar-refractivity contribution in [1.82, 2.24) is 24.7 Å². The molecule has 5 rings (SSSR count). The van der Waals surface area contributed by atoms with Gasteiger partial charge in [-0.15, -0.1) is 21.5 Å². The topological polar surface area (TPSA) is 56.5 Å². The summed E-state index contributed by atoms with van der Waals surface area (Å²) in [6.07, 6.45) is 5.95. The first-order valence-corrected chi connectivity index (χ1v) is 11.2. The molecule has 0 N–H and O–H groups in total. The average molecular weight is 426 g/mol. The van der Waals surface area contributed by atoms with Crippen molar-refractivity contribution in [2.75, 3.05) is 0 Å². The van der Waals surface area contributed by atoms with Crippen molar-refractivity contribution in [3.8, 4) is 22.0 Å². The van der Waals surface area contributed by atoms with Crippen LogP contribution in [0, 0.1) is 0 Å². The average Bonchev–Trinajstić information content (AvgIpc) is 3.30. The molecule has 1 saturated carbocycles. The molecule has 1 aromatic carbocycles. The molecule has 28 heavy (non-hydrogen) atoms. The van der Waals surface area contributed by atoms with Crippen LogP contribution in [0.25, 0.3) is 22.0 Å². The minimum atomic E-state index is 0.501. The first-order valence-electron chi connectivity index (χ1n) is 8.96. The summed E-state index contributed by atoms with van der Waals surface area (Å²) in [5, 5.41) is 13.7. The molecule has 0 bridgehead atoms. The molecule has 0 atom stereocenters. The van der Waals surface area contributed by atoms with Crippen LogP contribution in [0.2, 0.25) is 5.02 Å². The van der Waals surface area contributed by atoms with Crippen LogP contribution in [0.4, 0.5) is 0 Å². The Morgan fingerprint density at radius 1 is 1.04 bits per heavy atom. The summed E-state index contributed by atoms with van der Waals surface area (Å²) >= 11 is 9.32. The largest absolute Gasteiger partial charge is 0.299 e. The molecule has 5 nitrogen and oxygen atoms in total. The molecular formula is C20H16ClN5S2. The fourth-order valence-electron chi connectivity index (χ4n) is 2.97. The SMILES string of the molecule is Clc1ccc(-c2nc(CSc3nnc(-c4ccncc4)n3C3CC3)cs2)cc1. The molecule has 1 aliphatic carbocycles. The molecule has 3 aromatic heterocycles. The lowest BCUT2D eigenvalue weighted by molar-refractivity contribution is 0.669. The second-order valence-corrected chi connectivity index (χ2v) is 8.82. The number of pyridine rings is 1. The molecule has 8 heteroatoms. The van der Waals surface area contributed by atoms with E-state index in [1.165, 1.54) is 12.8 Å². The van der Waals surface area contributed by atoms with Gasteiger partial charge in [0.1, 0.15) is 5.01 Å². The molecule has 140 valence electrons. The molecule has 1 aliphatic rings. The quantitative estimate of drug-likeness (QED) is 0.368. The van der Waals surface area contributed by atoms with Gasteiger partial charge < -0.3 is 0 Å². The number of halogens is 1. The molecule has 0 spiro atoms. The van der Waals surface area contributed by atoms with Gasteiger partial charge in [0.15, 0.2) is 11.0 Å². The van der Waals surface area contributed by atoms with E-state index in [2.05, 4.69) is 25.1 Å². The maximum Gasteiger partial charge on any atom is 0.192 e. The number of thioether (sulfide) groups is 1. The highest BCUT2D eigenvalue weighted by Crippen LogP contribution is 2.41. The van der Waals surface area contributed by atoms with Gasteiger partial charge in [0, 0.05) is 45.7 Å². The lowest BCUT2D eigenvalue weighted by Gasteiger charge is -2.08. The molecule has 1 fully saturated rings. The summed E-state index contributed by atoms with van der Waals surface area (Å²) in [4.78, 5) is 8.87. The van der Waals surface area contributed by atoms with Gasteiger partial charge in [-0.2, -0.15) is 0 Å². The van der Waals surface area contributed by atoms with Gasteiger partial charge in [0.2, 0.25) is 0 Å². The maximum absolute atomic E-state index is 5.97. The number of benzene rings is 1. The highest BCUT2D eigenvalue weighted by molar-refractivity contribution is 7.98. The molecule has 0 saturated heterocycles. The Morgan fingerprint density at radius 3 is 2.57 bits per heavy atom. The van der Waals surface area contributed by atoms with E-state index in [1.807, 2.05) is 36.4 Å². The summed E-state index contributed by atoms with van der Waals surface area (Å²) in [7, 11) is 0. The lowest BCUT2D eigenvalue weighted by Crippen LogP contribution is -2.00. The highest BCUT2D eigenvalue weighted by Gasteiger charge is 2.30. The third kappa shape index (κ3) is 3.70. The number of rotatable bonds is 6. The summed E-state index contributed by atoms with van der Waals surface area (Å²) in [6.45, 7) is 0. The van der Waals surface area contributed by atoms with Gasteiger partial charge in [-0.3, -0.25) is 9.55 Å². The molecule has 0 unspecified atom stereocenters. The maximum atomic E-state index is 5.97. The normalized spacial score (nSPS) is 13.8. The smallest absolute Gasteiger partial charge is 0.192 e. The summed E-state index contributed by atoms with van der Waals surface area (Å²) in [5.74, 6) is 1.69. The Morgan fingerprint density at radius 2 is 1.82 bits per heavy atom. The number of nitrogens with zero attached hydrogens (tertiary/aromatic N) is 5. The summed E-state index contributed by atoms with van der Waals surface area (Å²) < 4.78 is 2.27. The van der Waals surface area contributed by atoms with Crippen molar-refractivity contribution in [2.45, 2.75) is 29.8 Å². The van der Waals surface area contributed by atoms with Crippen LogP contribution < -0.4 is 0 Å². The van der Waals surface area contributed by atoms with Gasteiger partial charge in [-0.1, -0.05) is 35.5 Å². The van der Waals surface area contributed by atoms with E-state index in [0.717, 1.165) is 43.6 Å². The van der Waals surface area contributed by atoms with Gasteiger partial charge >= 0.3 is 0 Å². The number of hydrogen-bond acceptors (Lipinski definition) is 6. The predicted octanol–water partition coefficient (Wildman–Crippen LogP) is 5.74. The fourth-order valence-corrected chi connectivity index (χ4v) is 4.93. The molecule has 4 aromatic rings. The van der Waals surface area contributed by atoms with Gasteiger partial charge in [0.05, 0.1) is 5.69 Å². The number of thiazole rings is 1. The number of hydrogen-bond donors (Lipinski definition) is 0. The zero-order chi connectivity index (χ0) is 18.9. The third-order valence-electron chi connectivity index (χ3n) is 4.51. The van der Waals surface area contributed by atoms with E-state index in [0.29, 0.717) is 6.04 Å². The first kappa shape index (κ1) is 17.8. The highest BCUT2D eigenvalue weighted by atomic mass is 35.5. The Bertz CT molecular complexity index is 1090.